The molecule has 0 aromatic carbocycles. The summed E-state index contributed by atoms with van der Waals surface area (Å²) in [7, 11) is 0. The molecule has 170 valence electrons. The molecule has 13 nitrogen and oxygen atoms in total. The van der Waals surface area contributed by atoms with E-state index in [4.69, 9.17) is 21.1 Å². The summed E-state index contributed by atoms with van der Waals surface area (Å²) in [4.78, 5) is 69.5. The Balaban J connectivity index is 5.33. The summed E-state index contributed by atoms with van der Waals surface area (Å²) in [6, 6.07) is -5.76. The molecule has 0 aromatic rings. The van der Waals surface area contributed by atoms with E-state index in [1.54, 1.807) is 13.8 Å². The highest BCUT2D eigenvalue weighted by atomic mass is 32.1. The average Bonchev–Trinajstić information content (AvgIpc) is 2.62. The molecule has 0 radical (unpaired) electrons. The highest BCUT2D eigenvalue weighted by molar-refractivity contribution is 7.80. The lowest BCUT2D eigenvalue weighted by atomic mass is 10.0. The molecule has 0 aliphatic heterocycles. The van der Waals surface area contributed by atoms with E-state index in [1.165, 1.54) is 0 Å². The summed E-state index contributed by atoms with van der Waals surface area (Å²) >= 11 is 3.94. The Labute approximate surface area is 177 Å². The van der Waals surface area contributed by atoms with Gasteiger partial charge in [0.2, 0.25) is 17.7 Å². The second kappa shape index (κ2) is 12.6. The highest BCUT2D eigenvalue weighted by Crippen LogP contribution is 2.02. The maximum Gasteiger partial charge on any atom is 0.326 e. The predicted octanol–water partition coefficient (Wildman–Crippen LogP) is -2.61. The Kier molecular flexibility index (Phi) is 11.4. The fourth-order valence-electron chi connectivity index (χ4n) is 2.07. The van der Waals surface area contributed by atoms with Gasteiger partial charge in [0.15, 0.2) is 0 Å². The van der Waals surface area contributed by atoms with E-state index in [0.29, 0.717) is 0 Å². The van der Waals surface area contributed by atoms with Crippen molar-refractivity contribution in [2.45, 2.75) is 50.9 Å². The molecule has 4 unspecified atom stereocenters. The number of thiol groups is 1. The number of aliphatic carboxylic acids is 3. The molecule has 8 N–H and O–H groups in total. The third-order valence-corrected chi connectivity index (χ3v) is 4.21. The van der Waals surface area contributed by atoms with Crippen molar-refractivity contribution in [3.8, 4) is 0 Å². The molecule has 0 aliphatic carbocycles. The van der Waals surface area contributed by atoms with Crippen LogP contribution >= 0.6 is 12.6 Å². The maximum atomic E-state index is 12.4. The van der Waals surface area contributed by atoms with E-state index >= 15 is 0 Å². The third kappa shape index (κ3) is 9.56. The van der Waals surface area contributed by atoms with Crippen LogP contribution in [0.2, 0.25) is 0 Å². The SMILES string of the molecule is CC(C)C(N)C(=O)NC(CS)C(=O)NC(CC(=O)O)C(=O)NC(CC(=O)O)C(=O)O. The number of hydrogen-bond acceptors (Lipinski definition) is 8. The topological polar surface area (TPSA) is 225 Å². The number of carboxylic acid groups (broad SMARTS) is 3. The smallest absolute Gasteiger partial charge is 0.326 e. The Morgan fingerprint density at radius 3 is 1.57 bits per heavy atom. The van der Waals surface area contributed by atoms with Gasteiger partial charge in [-0.3, -0.25) is 24.0 Å². The molecule has 0 heterocycles. The second-order valence-corrected chi connectivity index (χ2v) is 7.04. The van der Waals surface area contributed by atoms with E-state index in [9.17, 15) is 28.8 Å². The van der Waals surface area contributed by atoms with Crippen LogP contribution in [-0.4, -0.2) is 80.9 Å². The lowest BCUT2D eigenvalue weighted by Crippen LogP contribution is -2.58. The van der Waals surface area contributed by atoms with Crippen molar-refractivity contribution >= 4 is 48.3 Å². The maximum absolute atomic E-state index is 12.4. The Bertz CT molecular complexity index is 686. The van der Waals surface area contributed by atoms with Crippen LogP contribution in [0.5, 0.6) is 0 Å². The number of nitrogens with two attached hydrogens (primary N) is 1. The summed E-state index contributed by atoms with van der Waals surface area (Å²) in [6.07, 6.45) is -1.88. The van der Waals surface area contributed by atoms with Crippen molar-refractivity contribution in [3.05, 3.63) is 0 Å². The standard InChI is InChI=1S/C16H26N4O9S/c1-6(2)12(17)15(27)20-9(5-30)14(26)18-7(3-10(21)22)13(25)19-8(16(28)29)4-11(23)24/h6-9,12,30H,3-5,17H2,1-2H3,(H,18,26)(H,19,25)(H,20,27)(H,21,22)(H,23,24)(H,28,29). The van der Waals surface area contributed by atoms with Crippen LogP contribution in [0.1, 0.15) is 26.7 Å². The molecular weight excluding hydrogens is 424 g/mol. The van der Waals surface area contributed by atoms with E-state index in [-0.39, 0.29) is 11.7 Å². The Hall–Kier alpha value is -2.87. The van der Waals surface area contributed by atoms with Gasteiger partial charge in [-0.2, -0.15) is 12.6 Å². The van der Waals surface area contributed by atoms with Gasteiger partial charge in [-0.05, 0) is 5.92 Å². The molecule has 0 saturated carbocycles. The number of amides is 3. The van der Waals surface area contributed by atoms with E-state index in [0.717, 1.165) is 0 Å². The van der Waals surface area contributed by atoms with Crippen LogP contribution in [0, 0.1) is 5.92 Å². The molecular formula is C16H26N4O9S. The molecule has 4 atom stereocenters. The zero-order chi connectivity index (χ0) is 23.6. The molecule has 14 heteroatoms. The van der Waals surface area contributed by atoms with Gasteiger partial charge < -0.3 is 37.0 Å². The van der Waals surface area contributed by atoms with Crippen molar-refractivity contribution in [2.24, 2.45) is 11.7 Å². The number of nitrogens with one attached hydrogen (secondary N) is 3. The first-order chi connectivity index (χ1) is 13.8. The fourth-order valence-corrected chi connectivity index (χ4v) is 2.33. The van der Waals surface area contributed by atoms with Gasteiger partial charge in [-0.1, -0.05) is 13.8 Å². The zero-order valence-corrected chi connectivity index (χ0v) is 17.2. The van der Waals surface area contributed by atoms with Crippen LogP contribution in [0.25, 0.3) is 0 Å². The molecule has 3 amide bonds. The minimum atomic E-state index is -1.84. The third-order valence-electron chi connectivity index (χ3n) is 3.84. The molecule has 0 aromatic heterocycles. The zero-order valence-electron chi connectivity index (χ0n) is 16.3. The van der Waals surface area contributed by atoms with Gasteiger partial charge in [0, 0.05) is 5.75 Å². The minimum Gasteiger partial charge on any atom is -0.481 e. The Morgan fingerprint density at radius 2 is 1.17 bits per heavy atom. The molecule has 30 heavy (non-hydrogen) atoms. The second-order valence-electron chi connectivity index (χ2n) is 6.67. The first kappa shape index (κ1) is 27.1. The van der Waals surface area contributed by atoms with Gasteiger partial charge in [-0.15, -0.1) is 0 Å². The minimum absolute atomic E-state index is 0.208. The van der Waals surface area contributed by atoms with Gasteiger partial charge in [0.25, 0.3) is 0 Å². The number of carboxylic acids is 3. The summed E-state index contributed by atoms with van der Waals surface area (Å²) in [6.45, 7) is 3.37. The van der Waals surface area contributed by atoms with Crippen LogP contribution in [-0.2, 0) is 28.8 Å². The quantitative estimate of drug-likeness (QED) is 0.136. The lowest BCUT2D eigenvalue weighted by Gasteiger charge is -2.24. The van der Waals surface area contributed by atoms with Crippen molar-refractivity contribution < 1.29 is 44.1 Å². The number of rotatable bonds is 13. The summed E-state index contributed by atoms with van der Waals surface area (Å²) in [5.74, 6) is -7.94. The van der Waals surface area contributed by atoms with Crippen molar-refractivity contribution in [1.29, 1.82) is 0 Å². The fraction of sp³-hybridized carbons (Fsp3) is 0.625. The summed E-state index contributed by atoms with van der Waals surface area (Å²) in [5.41, 5.74) is 5.69. The molecule has 0 fully saturated rings. The molecule has 0 bridgehead atoms. The number of carbonyl (C=O) groups is 6. The molecule has 0 rings (SSSR count). The first-order valence-corrected chi connectivity index (χ1v) is 9.37. The van der Waals surface area contributed by atoms with Gasteiger partial charge >= 0.3 is 17.9 Å². The van der Waals surface area contributed by atoms with Crippen LogP contribution in [0.4, 0.5) is 0 Å². The van der Waals surface area contributed by atoms with Crippen molar-refractivity contribution in [3.63, 3.8) is 0 Å². The average molecular weight is 450 g/mol. The van der Waals surface area contributed by atoms with Crippen LogP contribution < -0.4 is 21.7 Å². The Morgan fingerprint density at radius 1 is 0.767 bits per heavy atom. The number of hydrogen-bond donors (Lipinski definition) is 8. The first-order valence-electron chi connectivity index (χ1n) is 8.74. The van der Waals surface area contributed by atoms with Crippen LogP contribution in [0.3, 0.4) is 0 Å². The number of carbonyl (C=O) groups excluding carboxylic acids is 3. The van der Waals surface area contributed by atoms with E-state index in [1.807, 2.05) is 5.32 Å². The summed E-state index contributed by atoms with van der Waals surface area (Å²) in [5, 5.41) is 33.0. The highest BCUT2D eigenvalue weighted by Gasteiger charge is 2.32. The summed E-state index contributed by atoms with van der Waals surface area (Å²) < 4.78 is 0. The largest absolute Gasteiger partial charge is 0.481 e. The van der Waals surface area contributed by atoms with Crippen LogP contribution in [0.15, 0.2) is 0 Å². The lowest BCUT2D eigenvalue weighted by molar-refractivity contribution is -0.148. The predicted molar refractivity (Wildman–Crippen MR) is 105 cm³/mol. The normalized spacial score (nSPS) is 14.7. The van der Waals surface area contributed by atoms with Crippen molar-refractivity contribution in [1.82, 2.24) is 16.0 Å². The molecule has 0 spiro atoms. The van der Waals surface area contributed by atoms with Crippen molar-refractivity contribution in [2.75, 3.05) is 5.75 Å². The van der Waals surface area contributed by atoms with Gasteiger partial charge in [0.1, 0.15) is 18.1 Å². The molecule has 0 aliphatic rings. The van der Waals surface area contributed by atoms with E-state index < -0.39 is 72.6 Å². The van der Waals surface area contributed by atoms with Gasteiger partial charge in [-0.25, -0.2) is 4.79 Å². The van der Waals surface area contributed by atoms with E-state index in [2.05, 4.69) is 23.3 Å². The van der Waals surface area contributed by atoms with Gasteiger partial charge in [0.05, 0.1) is 18.9 Å². The molecule has 0 saturated heterocycles. The monoisotopic (exact) mass is 450 g/mol.